The minimum absolute atomic E-state index is 0.0445. The van der Waals surface area contributed by atoms with Crippen LogP contribution >= 0.6 is 23.2 Å². The predicted octanol–water partition coefficient (Wildman–Crippen LogP) is 2.19. The molecule has 0 unspecified atom stereocenters. The summed E-state index contributed by atoms with van der Waals surface area (Å²) in [5.41, 5.74) is 0. The van der Waals surface area contributed by atoms with Gasteiger partial charge < -0.3 is 5.32 Å². The Labute approximate surface area is 128 Å². The van der Waals surface area contributed by atoms with Crippen molar-refractivity contribution in [2.45, 2.75) is 31.2 Å². The van der Waals surface area contributed by atoms with Gasteiger partial charge in [0.15, 0.2) is 0 Å². The van der Waals surface area contributed by atoms with Crippen LogP contribution in [-0.2, 0) is 14.8 Å². The Balaban J connectivity index is 2.89. The second-order valence-electron chi connectivity index (χ2n) is 4.21. The highest BCUT2D eigenvalue weighted by atomic mass is 35.5. The van der Waals surface area contributed by atoms with Crippen LogP contribution in [-0.4, -0.2) is 26.9 Å². The smallest absolute Gasteiger partial charge is 0.242 e. The lowest BCUT2D eigenvalue weighted by atomic mass is 10.3. The van der Waals surface area contributed by atoms with Crippen molar-refractivity contribution in [3.05, 3.63) is 28.2 Å². The molecule has 1 aromatic carbocycles. The van der Waals surface area contributed by atoms with Gasteiger partial charge in [0.05, 0.1) is 11.1 Å². The van der Waals surface area contributed by atoms with Gasteiger partial charge in [0, 0.05) is 11.6 Å². The Kier molecular flexibility index (Phi) is 6.26. The zero-order chi connectivity index (χ0) is 15.3. The largest absolute Gasteiger partial charge is 0.355 e. The second kappa shape index (κ2) is 7.26. The molecule has 0 aliphatic heterocycles. The lowest BCUT2D eigenvalue weighted by Gasteiger charge is -2.15. The molecule has 0 saturated heterocycles. The first-order valence-electron chi connectivity index (χ1n) is 6.03. The summed E-state index contributed by atoms with van der Waals surface area (Å²) in [6, 6.07) is 3.21. The van der Waals surface area contributed by atoms with Crippen molar-refractivity contribution in [3.8, 4) is 0 Å². The molecule has 0 saturated carbocycles. The van der Waals surface area contributed by atoms with E-state index in [1.807, 2.05) is 6.92 Å². The van der Waals surface area contributed by atoms with E-state index in [1.54, 1.807) is 0 Å². The minimum atomic E-state index is -3.91. The minimum Gasteiger partial charge on any atom is -0.355 e. The number of rotatable bonds is 6. The summed E-state index contributed by atoms with van der Waals surface area (Å²) < 4.78 is 26.6. The molecule has 2 N–H and O–H groups in total. The van der Waals surface area contributed by atoms with Crippen molar-refractivity contribution in [2.75, 3.05) is 6.54 Å². The predicted molar refractivity (Wildman–Crippen MR) is 79.5 cm³/mol. The van der Waals surface area contributed by atoms with E-state index in [-0.39, 0.29) is 14.9 Å². The average Bonchev–Trinajstić information content (AvgIpc) is 2.38. The van der Waals surface area contributed by atoms with Crippen LogP contribution < -0.4 is 10.0 Å². The molecule has 112 valence electrons. The molecule has 20 heavy (non-hydrogen) atoms. The van der Waals surface area contributed by atoms with Gasteiger partial charge in [-0.1, -0.05) is 30.1 Å². The number of hydrogen-bond acceptors (Lipinski definition) is 3. The number of sulfonamides is 1. The molecule has 5 nitrogen and oxygen atoms in total. The van der Waals surface area contributed by atoms with Crippen LogP contribution in [0.15, 0.2) is 23.1 Å². The number of nitrogens with one attached hydrogen (secondary N) is 2. The number of halogens is 2. The molecular weight excluding hydrogens is 323 g/mol. The maximum atomic E-state index is 12.2. The summed E-state index contributed by atoms with van der Waals surface area (Å²) >= 11 is 11.6. The van der Waals surface area contributed by atoms with E-state index >= 15 is 0 Å². The van der Waals surface area contributed by atoms with E-state index in [2.05, 4.69) is 10.0 Å². The van der Waals surface area contributed by atoms with Gasteiger partial charge in [-0.05, 0) is 31.5 Å². The summed E-state index contributed by atoms with van der Waals surface area (Å²) in [6.07, 6.45) is 0.769. The highest BCUT2D eigenvalue weighted by Gasteiger charge is 2.24. The highest BCUT2D eigenvalue weighted by molar-refractivity contribution is 7.89. The van der Waals surface area contributed by atoms with Crippen molar-refractivity contribution >= 4 is 39.1 Å². The highest BCUT2D eigenvalue weighted by Crippen LogP contribution is 2.24. The Hall–Kier alpha value is -0.820. The lowest BCUT2D eigenvalue weighted by molar-refractivity contribution is -0.122. The van der Waals surface area contributed by atoms with Crippen LogP contribution in [0.1, 0.15) is 20.3 Å². The molecule has 0 aliphatic carbocycles. The van der Waals surface area contributed by atoms with Crippen LogP contribution in [0.2, 0.25) is 10.0 Å². The molecule has 8 heteroatoms. The number of amides is 1. The topological polar surface area (TPSA) is 75.3 Å². The van der Waals surface area contributed by atoms with Crippen molar-refractivity contribution in [1.29, 1.82) is 0 Å². The van der Waals surface area contributed by atoms with Crippen molar-refractivity contribution in [3.63, 3.8) is 0 Å². The molecule has 0 bridgehead atoms. The van der Waals surface area contributed by atoms with E-state index < -0.39 is 22.0 Å². The van der Waals surface area contributed by atoms with Crippen LogP contribution in [0.25, 0.3) is 0 Å². The van der Waals surface area contributed by atoms with E-state index in [1.165, 1.54) is 25.1 Å². The molecule has 1 rings (SSSR count). The van der Waals surface area contributed by atoms with Gasteiger partial charge in [-0.25, -0.2) is 8.42 Å². The summed E-state index contributed by atoms with van der Waals surface area (Å²) in [7, 11) is -3.91. The van der Waals surface area contributed by atoms with Crippen LogP contribution in [0.4, 0.5) is 0 Å². The molecule has 1 amide bonds. The van der Waals surface area contributed by atoms with Crippen LogP contribution in [0, 0.1) is 0 Å². The van der Waals surface area contributed by atoms with Crippen molar-refractivity contribution in [2.24, 2.45) is 0 Å². The molecule has 0 radical (unpaired) electrons. The fraction of sp³-hybridized carbons (Fsp3) is 0.417. The van der Waals surface area contributed by atoms with E-state index in [9.17, 15) is 13.2 Å². The molecule has 0 heterocycles. The quantitative estimate of drug-likeness (QED) is 0.834. The number of carbonyl (C=O) groups is 1. The molecule has 0 fully saturated rings. The van der Waals surface area contributed by atoms with Crippen molar-refractivity contribution in [1.82, 2.24) is 10.0 Å². The molecule has 0 aliphatic rings. The second-order valence-corrected chi connectivity index (χ2v) is 6.73. The molecule has 1 atom stereocenters. The van der Waals surface area contributed by atoms with Gasteiger partial charge in [-0.15, -0.1) is 0 Å². The first kappa shape index (κ1) is 17.2. The van der Waals surface area contributed by atoms with E-state index in [0.29, 0.717) is 6.54 Å². The molecular formula is C12H16Cl2N2O3S. The number of benzene rings is 1. The summed E-state index contributed by atoms with van der Waals surface area (Å²) in [4.78, 5) is 11.5. The maximum Gasteiger partial charge on any atom is 0.242 e. The van der Waals surface area contributed by atoms with Crippen molar-refractivity contribution < 1.29 is 13.2 Å². The van der Waals surface area contributed by atoms with Crippen LogP contribution in [0.3, 0.4) is 0 Å². The summed E-state index contributed by atoms with van der Waals surface area (Å²) in [6.45, 7) is 3.85. The van der Waals surface area contributed by atoms with Gasteiger partial charge in [-0.3, -0.25) is 4.79 Å². The fourth-order valence-electron chi connectivity index (χ4n) is 1.43. The van der Waals surface area contributed by atoms with Crippen LogP contribution in [0.5, 0.6) is 0 Å². The fourth-order valence-corrected chi connectivity index (χ4v) is 3.40. The first-order valence-corrected chi connectivity index (χ1v) is 8.27. The van der Waals surface area contributed by atoms with Gasteiger partial charge in [-0.2, -0.15) is 4.72 Å². The van der Waals surface area contributed by atoms with E-state index in [0.717, 1.165) is 6.42 Å². The molecule has 0 spiro atoms. The summed E-state index contributed by atoms with van der Waals surface area (Å²) in [5.74, 6) is -0.395. The lowest BCUT2D eigenvalue weighted by Crippen LogP contribution is -2.44. The third-order valence-corrected chi connectivity index (χ3v) is 4.71. The monoisotopic (exact) mass is 338 g/mol. The Morgan fingerprint density at radius 3 is 2.60 bits per heavy atom. The molecule has 0 aromatic heterocycles. The third kappa shape index (κ3) is 4.63. The average molecular weight is 339 g/mol. The normalized spacial score (nSPS) is 13.0. The standard InChI is InChI=1S/C12H16Cl2N2O3S/c1-3-6-15-12(17)8(2)16-20(18,19)11-7-9(13)4-5-10(11)14/h4-5,7-8,16H,3,6H2,1-2H3,(H,15,17)/t8-/m1/s1. The number of carbonyl (C=O) groups excluding carboxylic acids is 1. The third-order valence-electron chi connectivity index (χ3n) is 2.46. The van der Waals surface area contributed by atoms with Gasteiger partial charge >= 0.3 is 0 Å². The molecule has 1 aromatic rings. The van der Waals surface area contributed by atoms with Gasteiger partial charge in [0.25, 0.3) is 0 Å². The SMILES string of the molecule is CCCNC(=O)[C@@H](C)NS(=O)(=O)c1cc(Cl)ccc1Cl. The zero-order valence-electron chi connectivity index (χ0n) is 11.1. The summed E-state index contributed by atoms with van der Waals surface area (Å²) in [5, 5.41) is 2.90. The number of hydrogen-bond donors (Lipinski definition) is 2. The van der Waals surface area contributed by atoms with Gasteiger partial charge in [0.1, 0.15) is 4.90 Å². The van der Waals surface area contributed by atoms with E-state index in [4.69, 9.17) is 23.2 Å². The zero-order valence-corrected chi connectivity index (χ0v) is 13.4. The first-order chi connectivity index (χ1) is 9.27. The Bertz CT molecular complexity index is 590. The maximum absolute atomic E-state index is 12.2. The van der Waals surface area contributed by atoms with Gasteiger partial charge in [0.2, 0.25) is 15.9 Å². The Morgan fingerprint density at radius 1 is 1.35 bits per heavy atom. The Morgan fingerprint density at radius 2 is 2.00 bits per heavy atom.